The Kier molecular flexibility index (Phi) is 4.57. The fourth-order valence-corrected chi connectivity index (χ4v) is 3.49. The largest absolute Gasteiger partial charge is 0.399 e. The highest BCUT2D eigenvalue weighted by atomic mass is 35.5. The third-order valence-electron chi connectivity index (χ3n) is 4.28. The minimum Gasteiger partial charge on any atom is -0.399 e. The third kappa shape index (κ3) is 3.50. The van der Waals surface area contributed by atoms with Gasteiger partial charge in [0.2, 0.25) is 5.95 Å². The Balaban J connectivity index is 2.05. The first-order chi connectivity index (χ1) is 11.0. The van der Waals surface area contributed by atoms with Crippen LogP contribution in [0.3, 0.4) is 0 Å². The standard InChI is InChI=1S/C17H22ClN5/c1-11-9-16(22-17(20)21-11)23-8-4-2-3-5-15(23)13-10-12(19)6-7-14(13)18/h6-7,9-10,15H,2-5,8,19H2,1H3,(H2,20,21,22). The minimum absolute atomic E-state index is 0.155. The van der Waals surface area contributed by atoms with Gasteiger partial charge in [0.25, 0.3) is 0 Å². The fraction of sp³-hybridized carbons (Fsp3) is 0.412. The molecule has 0 radical (unpaired) electrons. The van der Waals surface area contributed by atoms with Gasteiger partial charge in [-0.05, 0) is 43.5 Å². The van der Waals surface area contributed by atoms with E-state index in [1.807, 2.05) is 31.2 Å². The lowest BCUT2D eigenvalue weighted by molar-refractivity contribution is 0.597. The molecule has 1 atom stereocenters. The number of anilines is 3. The van der Waals surface area contributed by atoms with Gasteiger partial charge < -0.3 is 16.4 Å². The summed E-state index contributed by atoms with van der Waals surface area (Å²) in [5.74, 6) is 1.17. The number of nitrogen functional groups attached to an aromatic ring is 2. The first-order valence-electron chi connectivity index (χ1n) is 7.97. The van der Waals surface area contributed by atoms with Gasteiger partial charge in [-0.3, -0.25) is 0 Å². The van der Waals surface area contributed by atoms with Crippen molar-refractivity contribution < 1.29 is 0 Å². The molecule has 3 rings (SSSR count). The molecule has 0 aliphatic carbocycles. The molecule has 2 heterocycles. The molecule has 1 aromatic carbocycles. The molecule has 1 unspecified atom stereocenters. The van der Waals surface area contributed by atoms with Crippen molar-refractivity contribution in [1.29, 1.82) is 0 Å². The van der Waals surface area contributed by atoms with E-state index in [0.717, 1.165) is 53.6 Å². The molecule has 5 nitrogen and oxygen atoms in total. The van der Waals surface area contributed by atoms with Crippen LogP contribution in [0.1, 0.15) is 43.0 Å². The molecule has 2 aromatic rings. The van der Waals surface area contributed by atoms with Crippen LogP contribution in [0.15, 0.2) is 24.3 Å². The van der Waals surface area contributed by atoms with E-state index in [4.69, 9.17) is 23.1 Å². The molecular formula is C17H22ClN5. The number of benzene rings is 1. The maximum atomic E-state index is 6.46. The number of rotatable bonds is 2. The van der Waals surface area contributed by atoms with Gasteiger partial charge in [-0.2, -0.15) is 4.98 Å². The van der Waals surface area contributed by atoms with Crippen molar-refractivity contribution in [2.45, 2.75) is 38.6 Å². The van der Waals surface area contributed by atoms with Crippen LogP contribution in [-0.4, -0.2) is 16.5 Å². The lowest BCUT2D eigenvalue weighted by Gasteiger charge is -2.32. The monoisotopic (exact) mass is 331 g/mol. The van der Waals surface area contributed by atoms with E-state index in [1.54, 1.807) is 0 Å². The van der Waals surface area contributed by atoms with Crippen LogP contribution in [-0.2, 0) is 0 Å². The highest BCUT2D eigenvalue weighted by molar-refractivity contribution is 6.31. The van der Waals surface area contributed by atoms with Crippen molar-refractivity contribution in [1.82, 2.24) is 9.97 Å². The molecule has 1 aliphatic rings. The Morgan fingerprint density at radius 3 is 2.74 bits per heavy atom. The van der Waals surface area contributed by atoms with E-state index in [2.05, 4.69) is 14.9 Å². The lowest BCUT2D eigenvalue weighted by atomic mass is 10.00. The number of aromatic nitrogens is 2. The number of nitrogens with two attached hydrogens (primary N) is 2. The zero-order valence-corrected chi connectivity index (χ0v) is 14.1. The Morgan fingerprint density at radius 1 is 1.13 bits per heavy atom. The highest BCUT2D eigenvalue weighted by Crippen LogP contribution is 2.37. The van der Waals surface area contributed by atoms with Crippen molar-refractivity contribution in [3.63, 3.8) is 0 Å². The average Bonchev–Trinajstić information content (AvgIpc) is 2.74. The van der Waals surface area contributed by atoms with Gasteiger partial charge in [-0.15, -0.1) is 0 Å². The van der Waals surface area contributed by atoms with E-state index in [0.29, 0.717) is 5.95 Å². The van der Waals surface area contributed by atoms with Gasteiger partial charge in [0.05, 0.1) is 6.04 Å². The Hall–Kier alpha value is -2.01. The van der Waals surface area contributed by atoms with Crippen LogP contribution in [0.4, 0.5) is 17.5 Å². The summed E-state index contributed by atoms with van der Waals surface area (Å²) in [6.45, 7) is 2.85. The molecule has 1 saturated heterocycles. The molecule has 4 N–H and O–H groups in total. The van der Waals surface area contributed by atoms with Gasteiger partial charge >= 0.3 is 0 Å². The first kappa shape index (κ1) is 15.9. The van der Waals surface area contributed by atoms with Crippen molar-refractivity contribution in [3.8, 4) is 0 Å². The number of hydrogen-bond donors (Lipinski definition) is 2. The van der Waals surface area contributed by atoms with Gasteiger partial charge in [0.15, 0.2) is 0 Å². The summed E-state index contributed by atoms with van der Waals surface area (Å²) in [4.78, 5) is 10.9. The number of aryl methyl sites for hydroxylation is 1. The molecule has 1 fully saturated rings. The molecule has 0 amide bonds. The number of hydrogen-bond acceptors (Lipinski definition) is 5. The summed E-state index contributed by atoms with van der Waals surface area (Å²) in [5, 5.41) is 0.745. The summed E-state index contributed by atoms with van der Waals surface area (Å²) >= 11 is 6.46. The quantitative estimate of drug-likeness (QED) is 0.819. The molecule has 0 spiro atoms. The van der Waals surface area contributed by atoms with Crippen LogP contribution in [0.25, 0.3) is 0 Å². The van der Waals surface area contributed by atoms with Crippen molar-refractivity contribution in [2.75, 3.05) is 22.9 Å². The topological polar surface area (TPSA) is 81.1 Å². The predicted molar refractivity (Wildman–Crippen MR) is 95.6 cm³/mol. The Bertz CT molecular complexity index is 683. The fourth-order valence-electron chi connectivity index (χ4n) is 3.25. The van der Waals surface area contributed by atoms with Crippen LogP contribution in [0, 0.1) is 6.92 Å². The second-order valence-electron chi connectivity index (χ2n) is 6.07. The van der Waals surface area contributed by atoms with Crippen LogP contribution < -0.4 is 16.4 Å². The SMILES string of the molecule is Cc1cc(N2CCCCCC2c2cc(N)ccc2Cl)nc(N)n1. The summed E-state index contributed by atoms with van der Waals surface area (Å²) in [5.41, 5.74) is 14.5. The normalized spacial score (nSPS) is 18.7. The summed E-state index contributed by atoms with van der Waals surface area (Å²) in [6, 6.07) is 7.81. The van der Waals surface area contributed by atoms with E-state index in [1.165, 1.54) is 6.42 Å². The zero-order valence-electron chi connectivity index (χ0n) is 13.3. The summed E-state index contributed by atoms with van der Waals surface area (Å²) < 4.78 is 0. The molecule has 122 valence electrons. The Labute approximate surface area is 141 Å². The minimum atomic E-state index is 0.155. The number of halogens is 1. The van der Waals surface area contributed by atoms with E-state index < -0.39 is 0 Å². The van der Waals surface area contributed by atoms with Crippen LogP contribution >= 0.6 is 11.6 Å². The maximum Gasteiger partial charge on any atom is 0.222 e. The maximum absolute atomic E-state index is 6.46. The predicted octanol–water partition coefficient (Wildman–Crippen LogP) is 3.72. The van der Waals surface area contributed by atoms with Crippen molar-refractivity contribution in [2.24, 2.45) is 0 Å². The zero-order chi connectivity index (χ0) is 16.4. The average molecular weight is 332 g/mol. The van der Waals surface area contributed by atoms with Gasteiger partial charge in [0.1, 0.15) is 5.82 Å². The van der Waals surface area contributed by atoms with E-state index >= 15 is 0 Å². The van der Waals surface area contributed by atoms with Crippen molar-refractivity contribution >= 4 is 29.1 Å². The molecular weight excluding hydrogens is 310 g/mol. The van der Waals surface area contributed by atoms with Crippen LogP contribution in [0.2, 0.25) is 5.02 Å². The Morgan fingerprint density at radius 2 is 1.96 bits per heavy atom. The smallest absolute Gasteiger partial charge is 0.222 e. The third-order valence-corrected chi connectivity index (χ3v) is 4.63. The molecule has 1 aromatic heterocycles. The summed E-state index contributed by atoms with van der Waals surface area (Å²) in [7, 11) is 0. The second kappa shape index (κ2) is 6.62. The molecule has 23 heavy (non-hydrogen) atoms. The molecule has 0 bridgehead atoms. The second-order valence-corrected chi connectivity index (χ2v) is 6.47. The molecule has 6 heteroatoms. The highest BCUT2D eigenvalue weighted by Gasteiger charge is 2.26. The van der Waals surface area contributed by atoms with Crippen molar-refractivity contribution in [3.05, 3.63) is 40.5 Å². The first-order valence-corrected chi connectivity index (χ1v) is 8.35. The van der Waals surface area contributed by atoms with Gasteiger partial charge in [-0.1, -0.05) is 24.4 Å². The van der Waals surface area contributed by atoms with Crippen LogP contribution in [0.5, 0.6) is 0 Å². The van der Waals surface area contributed by atoms with Gasteiger partial charge in [-0.25, -0.2) is 4.98 Å². The summed E-state index contributed by atoms with van der Waals surface area (Å²) in [6.07, 6.45) is 4.50. The number of nitrogens with zero attached hydrogens (tertiary/aromatic N) is 3. The lowest BCUT2D eigenvalue weighted by Crippen LogP contribution is -2.30. The molecule has 0 saturated carbocycles. The van der Waals surface area contributed by atoms with Gasteiger partial charge in [0, 0.05) is 29.0 Å². The van der Waals surface area contributed by atoms with E-state index in [9.17, 15) is 0 Å². The van der Waals surface area contributed by atoms with E-state index in [-0.39, 0.29) is 6.04 Å². The molecule has 1 aliphatic heterocycles.